The van der Waals surface area contributed by atoms with Gasteiger partial charge >= 0.3 is 0 Å². The summed E-state index contributed by atoms with van der Waals surface area (Å²) in [6.45, 7) is 2.62. The van der Waals surface area contributed by atoms with Crippen LogP contribution in [0.1, 0.15) is 25.7 Å². The first-order chi connectivity index (χ1) is 14.3. The second-order valence-corrected chi connectivity index (χ2v) is 7.92. The molecule has 1 aromatic carbocycles. The molecule has 0 radical (unpaired) electrons. The molecule has 0 aliphatic carbocycles. The van der Waals surface area contributed by atoms with Crippen molar-refractivity contribution in [3.8, 4) is 0 Å². The van der Waals surface area contributed by atoms with Gasteiger partial charge in [0.25, 0.3) is 0 Å². The SMILES string of the molecule is O=C1[C@H](Nc2ccccc2)CCCN1[C@@H]1CCCN(c2ncnc3[nH]ccc23)C1. The van der Waals surface area contributed by atoms with Crippen molar-refractivity contribution in [2.24, 2.45) is 0 Å². The molecule has 0 bridgehead atoms. The van der Waals surface area contributed by atoms with Crippen LogP contribution in [0.15, 0.2) is 48.9 Å². The van der Waals surface area contributed by atoms with Gasteiger partial charge in [0.05, 0.1) is 5.39 Å². The van der Waals surface area contributed by atoms with E-state index in [1.165, 1.54) is 0 Å². The van der Waals surface area contributed by atoms with Crippen LogP contribution in [0.25, 0.3) is 11.0 Å². The minimum absolute atomic E-state index is 0.142. The first kappa shape index (κ1) is 18.0. The molecule has 150 valence electrons. The highest BCUT2D eigenvalue weighted by atomic mass is 16.2. The maximum atomic E-state index is 13.3. The first-order valence-corrected chi connectivity index (χ1v) is 10.4. The second kappa shape index (κ2) is 7.73. The number of carbonyl (C=O) groups is 1. The van der Waals surface area contributed by atoms with Crippen molar-refractivity contribution in [3.63, 3.8) is 0 Å². The lowest BCUT2D eigenvalue weighted by molar-refractivity contribution is -0.137. The quantitative estimate of drug-likeness (QED) is 0.716. The van der Waals surface area contributed by atoms with E-state index in [0.29, 0.717) is 0 Å². The van der Waals surface area contributed by atoms with Crippen molar-refractivity contribution in [2.75, 3.05) is 29.9 Å². The van der Waals surface area contributed by atoms with Gasteiger partial charge in [0.1, 0.15) is 23.8 Å². The van der Waals surface area contributed by atoms with Crippen LogP contribution in [-0.2, 0) is 4.79 Å². The third-order valence-corrected chi connectivity index (χ3v) is 6.06. The number of rotatable bonds is 4. The number of fused-ring (bicyclic) bond motifs is 1. The Morgan fingerprint density at radius 1 is 1.03 bits per heavy atom. The van der Waals surface area contributed by atoms with Crippen molar-refractivity contribution < 1.29 is 4.79 Å². The number of H-pyrrole nitrogens is 1. The molecule has 29 heavy (non-hydrogen) atoms. The van der Waals surface area contributed by atoms with Crippen molar-refractivity contribution in [1.82, 2.24) is 19.9 Å². The molecule has 2 atom stereocenters. The van der Waals surface area contributed by atoms with Crippen LogP contribution >= 0.6 is 0 Å². The molecule has 7 nitrogen and oxygen atoms in total. The normalized spacial score (nSPS) is 22.8. The fourth-order valence-electron chi connectivity index (χ4n) is 4.64. The van der Waals surface area contributed by atoms with Gasteiger partial charge in [-0.2, -0.15) is 0 Å². The smallest absolute Gasteiger partial charge is 0.245 e. The van der Waals surface area contributed by atoms with Gasteiger partial charge < -0.3 is 20.1 Å². The topological polar surface area (TPSA) is 77.2 Å². The van der Waals surface area contributed by atoms with Crippen LogP contribution in [-0.4, -0.2) is 57.5 Å². The van der Waals surface area contributed by atoms with Crippen molar-refractivity contribution in [3.05, 3.63) is 48.9 Å². The summed E-state index contributed by atoms with van der Waals surface area (Å²) in [4.78, 5) is 29.7. The number of aromatic nitrogens is 3. The number of para-hydroxylation sites is 1. The Morgan fingerprint density at radius 2 is 1.90 bits per heavy atom. The number of hydrogen-bond donors (Lipinski definition) is 2. The molecular formula is C22H26N6O. The highest BCUT2D eigenvalue weighted by molar-refractivity contribution is 5.88. The predicted octanol–water partition coefficient (Wildman–Crippen LogP) is 3.03. The highest BCUT2D eigenvalue weighted by Gasteiger charge is 2.35. The van der Waals surface area contributed by atoms with E-state index in [2.05, 4.69) is 30.1 Å². The van der Waals surface area contributed by atoms with Crippen LogP contribution in [0.5, 0.6) is 0 Å². The molecule has 2 aliphatic rings. The summed E-state index contributed by atoms with van der Waals surface area (Å²) in [6, 6.07) is 12.1. The lowest BCUT2D eigenvalue weighted by Crippen LogP contribution is -2.56. The summed E-state index contributed by atoms with van der Waals surface area (Å²) >= 11 is 0. The average Bonchev–Trinajstić information content (AvgIpc) is 3.25. The third-order valence-electron chi connectivity index (χ3n) is 6.06. The Labute approximate surface area is 170 Å². The van der Waals surface area contributed by atoms with E-state index < -0.39 is 0 Å². The summed E-state index contributed by atoms with van der Waals surface area (Å²) < 4.78 is 0. The largest absolute Gasteiger partial charge is 0.374 e. The molecule has 0 spiro atoms. The number of aromatic amines is 1. The number of piperidine rings is 2. The number of amides is 1. The van der Waals surface area contributed by atoms with Crippen LogP contribution in [0, 0.1) is 0 Å². The zero-order chi connectivity index (χ0) is 19.6. The molecule has 0 saturated carbocycles. The van der Waals surface area contributed by atoms with E-state index in [1.807, 2.05) is 42.6 Å². The van der Waals surface area contributed by atoms with Crippen molar-refractivity contribution >= 4 is 28.4 Å². The molecule has 2 aromatic heterocycles. The van der Waals surface area contributed by atoms with Gasteiger partial charge in [-0.1, -0.05) is 18.2 Å². The molecule has 0 unspecified atom stereocenters. The van der Waals surface area contributed by atoms with Gasteiger partial charge in [-0.3, -0.25) is 4.79 Å². The Kier molecular flexibility index (Phi) is 4.79. The van der Waals surface area contributed by atoms with Crippen LogP contribution in [0.4, 0.5) is 11.5 Å². The Bertz CT molecular complexity index is 987. The molecule has 2 saturated heterocycles. The zero-order valence-electron chi connectivity index (χ0n) is 16.4. The van der Waals surface area contributed by atoms with Crippen LogP contribution in [0.2, 0.25) is 0 Å². The third kappa shape index (κ3) is 3.52. The number of hydrogen-bond acceptors (Lipinski definition) is 5. The maximum absolute atomic E-state index is 13.3. The van der Waals surface area contributed by atoms with E-state index in [0.717, 1.165) is 67.9 Å². The molecule has 2 aliphatic heterocycles. The summed E-state index contributed by atoms with van der Waals surface area (Å²) in [5.41, 5.74) is 1.87. The van der Waals surface area contributed by atoms with E-state index in [-0.39, 0.29) is 18.0 Å². The van der Waals surface area contributed by atoms with Gasteiger partial charge in [-0.15, -0.1) is 0 Å². The second-order valence-electron chi connectivity index (χ2n) is 7.92. The molecule has 7 heteroatoms. The molecular weight excluding hydrogens is 364 g/mol. The van der Waals surface area contributed by atoms with Crippen LogP contribution < -0.4 is 10.2 Å². The van der Waals surface area contributed by atoms with Gasteiger partial charge in [0.2, 0.25) is 5.91 Å². The molecule has 2 N–H and O–H groups in total. The fraction of sp³-hybridized carbons (Fsp3) is 0.409. The first-order valence-electron chi connectivity index (χ1n) is 10.4. The standard InChI is InChI=1S/C22H26N6O/c29-22-19(26-16-6-2-1-3-7-16)9-5-13-28(22)17-8-4-12-27(14-17)21-18-10-11-23-20(18)24-15-25-21/h1-3,6-7,10-11,15,17,19,26H,4-5,8-9,12-14H2,(H,23,24,25)/t17-,19-/m1/s1. The van der Waals surface area contributed by atoms with E-state index in [4.69, 9.17) is 0 Å². The Morgan fingerprint density at radius 3 is 2.79 bits per heavy atom. The van der Waals surface area contributed by atoms with Gasteiger partial charge in [0, 0.05) is 37.6 Å². The van der Waals surface area contributed by atoms with E-state index in [1.54, 1.807) is 6.33 Å². The number of nitrogens with one attached hydrogen (secondary N) is 2. The Hall–Kier alpha value is -3.09. The summed E-state index contributed by atoms with van der Waals surface area (Å²) in [6.07, 6.45) is 7.53. The van der Waals surface area contributed by atoms with Gasteiger partial charge in [-0.05, 0) is 43.9 Å². The van der Waals surface area contributed by atoms with Gasteiger partial charge in [-0.25, -0.2) is 9.97 Å². The average molecular weight is 390 g/mol. The van der Waals surface area contributed by atoms with Crippen molar-refractivity contribution in [1.29, 1.82) is 0 Å². The predicted molar refractivity (Wildman–Crippen MR) is 114 cm³/mol. The van der Waals surface area contributed by atoms with Crippen molar-refractivity contribution in [2.45, 2.75) is 37.8 Å². The van der Waals surface area contributed by atoms with E-state index in [9.17, 15) is 4.79 Å². The monoisotopic (exact) mass is 390 g/mol. The van der Waals surface area contributed by atoms with Crippen LogP contribution in [0.3, 0.4) is 0 Å². The number of benzene rings is 1. The maximum Gasteiger partial charge on any atom is 0.245 e. The molecule has 1 amide bonds. The van der Waals surface area contributed by atoms with Gasteiger partial charge in [0.15, 0.2) is 0 Å². The molecule has 4 heterocycles. The summed E-state index contributed by atoms with van der Waals surface area (Å²) in [5.74, 6) is 1.19. The summed E-state index contributed by atoms with van der Waals surface area (Å²) in [5, 5.41) is 4.48. The lowest BCUT2D eigenvalue weighted by Gasteiger charge is -2.43. The zero-order valence-corrected chi connectivity index (χ0v) is 16.4. The summed E-state index contributed by atoms with van der Waals surface area (Å²) in [7, 11) is 0. The molecule has 3 aromatic rings. The highest BCUT2D eigenvalue weighted by Crippen LogP contribution is 2.28. The fourth-order valence-corrected chi connectivity index (χ4v) is 4.64. The Balaban J connectivity index is 1.32. The van der Waals surface area contributed by atoms with E-state index >= 15 is 0 Å². The number of anilines is 2. The number of nitrogens with zero attached hydrogens (tertiary/aromatic N) is 4. The number of likely N-dealkylation sites (tertiary alicyclic amines) is 1. The molecule has 5 rings (SSSR count). The minimum Gasteiger partial charge on any atom is -0.374 e. The lowest BCUT2D eigenvalue weighted by atomic mass is 9.97. The number of carbonyl (C=O) groups excluding carboxylic acids is 1. The minimum atomic E-state index is -0.142. The molecule has 2 fully saturated rings.